The molecule has 1 aromatic carbocycles. The van der Waals surface area contributed by atoms with E-state index in [2.05, 4.69) is 5.32 Å². The van der Waals surface area contributed by atoms with Gasteiger partial charge in [0.25, 0.3) is 0 Å². The van der Waals surface area contributed by atoms with Crippen LogP contribution in [0.3, 0.4) is 0 Å². The van der Waals surface area contributed by atoms with Crippen LogP contribution in [-0.2, 0) is 14.3 Å². The summed E-state index contributed by atoms with van der Waals surface area (Å²) in [4.78, 5) is 41.0. The molecule has 0 unspecified atom stereocenters. The van der Waals surface area contributed by atoms with Gasteiger partial charge in [-0.1, -0.05) is 29.3 Å². The van der Waals surface area contributed by atoms with Crippen LogP contribution in [0.2, 0.25) is 10.0 Å². The molecule has 0 aliphatic carbocycles. The maximum atomic E-state index is 13.4. The molecule has 8 nitrogen and oxygen atoms in total. The number of halogens is 2. The van der Waals surface area contributed by atoms with Crippen LogP contribution in [0, 0.1) is 17.8 Å². The number of carboxylic acid groups (broad SMARTS) is 1. The highest BCUT2D eigenvalue weighted by molar-refractivity contribution is 6.42. The molecule has 0 radical (unpaired) electrons. The molecule has 10 heteroatoms. The molecule has 3 aliphatic heterocycles. The summed E-state index contributed by atoms with van der Waals surface area (Å²) < 4.78 is 5.36. The summed E-state index contributed by atoms with van der Waals surface area (Å²) in [6.45, 7) is 3.70. The maximum Gasteiger partial charge on any atom is 0.404 e. The Bertz CT molecular complexity index is 916. The van der Waals surface area contributed by atoms with Gasteiger partial charge in [-0.15, -0.1) is 0 Å². The average Bonchev–Trinajstić information content (AvgIpc) is 3.28. The average molecular weight is 512 g/mol. The predicted molar refractivity (Wildman–Crippen MR) is 128 cm³/mol. The number of rotatable bonds is 5. The fraction of sp³-hybridized carbons (Fsp3) is 0.625. The Balaban J connectivity index is 1.38. The zero-order valence-corrected chi connectivity index (χ0v) is 20.6. The zero-order valence-electron chi connectivity index (χ0n) is 19.1. The lowest BCUT2D eigenvalue weighted by Crippen LogP contribution is -2.46. The Hall–Kier alpha value is -2.03. The first-order valence-electron chi connectivity index (χ1n) is 11.9. The van der Waals surface area contributed by atoms with Crippen molar-refractivity contribution < 1.29 is 24.2 Å². The second kappa shape index (κ2) is 11.1. The quantitative estimate of drug-likeness (QED) is 0.630. The summed E-state index contributed by atoms with van der Waals surface area (Å²) >= 11 is 12.3. The molecule has 3 saturated heterocycles. The number of benzene rings is 1. The predicted octanol–water partition coefficient (Wildman–Crippen LogP) is 3.47. The molecule has 4 rings (SSSR count). The molecular formula is C24H31Cl2N3O5. The van der Waals surface area contributed by atoms with E-state index in [0.717, 1.165) is 18.4 Å². The molecule has 186 valence electrons. The van der Waals surface area contributed by atoms with E-state index in [1.54, 1.807) is 12.1 Å². The fourth-order valence-electron chi connectivity index (χ4n) is 5.40. The standard InChI is InChI=1S/C24H31Cl2N3O5/c25-20-2-1-17(11-21(20)26)19-14-29(13-18(19)12-27-24(32)33)23(31)15-3-7-28(8-4-15)22(30)16-5-9-34-10-6-16/h1-2,11,15-16,18-19,27H,3-10,12-14H2,(H,32,33)/t18-,19-/m0/s1. The monoisotopic (exact) mass is 511 g/mol. The summed E-state index contributed by atoms with van der Waals surface area (Å²) in [5, 5.41) is 12.5. The first kappa shape index (κ1) is 25.1. The SMILES string of the molecule is O=C(O)NC[C@H]1CN(C(=O)C2CCN(C(=O)C3CCOCC3)CC2)C[C@H]1c1ccc(Cl)c(Cl)c1. The number of nitrogens with zero attached hydrogens (tertiary/aromatic N) is 2. The molecule has 0 saturated carbocycles. The van der Waals surface area contributed by atoms with Gasteiger partial charge in [0.15, 0.2) is 0 Å². The Morgan fingerprint density at radius 2 is 1.59 bits per heavy atom. The minimum Gasteiger partial charge on any atom is -0.465 e. The number of amides is 3. The lowest BCUT2D eigenvalue weighted by atomic mass is 9.89. The molecule has 0 spiro atoms. The Morgan fingerprint density at radius 3 is 2.24 bits per heavy atom. The fourth-order valence-corrected chi connectivity index (χ4v) is 5.71. The third-order valence-electron chi connectivity index (χ3n) is 7.37. The smallest absolute Gasteiger partial charge is 0.404 e. The van der Waals surface area contributed by atoms with E-state index in [1.807, 2.05) is 15.9 Å². The van der Waals surface area contributed by atoms with E-state index in [-0.39, 0.29) is 42.0 Å². The third kappa shape index (κ3) is 5.78. The van der Waals surface area contributed by atoms with Crippen molar-refractivity contribution in [2.24, 2.45) is 17.8 Å². The lowest BCUT2D eigenvalue weighted by molar-refractivity contribution is -0.144. The van der Waals surface area contributed by atoms with Crippen molar-refractivity contribution in [3.05, 3.63) is 33.8 Å². The molecule has 34 heavy (non-hydrogen) atoms. The normalized spacial score (nSPS) is 24.3. The van der Waals surface area contributed by atoms with Crippen molar-refractivity contribution in [2.75, 3.05) is 45.9 Å². The van der Waals surface area contributed by atoms with Crippen molar-refractivity contribution >= 4 is 41.1 Å². The molecule has 3 aliphatic rings. The first-order valence-corrected chi connectivity index (χ1v) is 12.7. The second-order valence-corrected chi connectivity index (χ2v) is 10.3. The first-order chi connectivity index (χ1) is 16.3. The number of nitrogens with one attached hydrogen (secondary N) is 1. The van der Waals surface area contributed by atoms with Gasteiger partial charge < -0.3 is 25.0 Å². The Morgan fingerprint density at radius 1 is 0.941 bits per heavy atom. The van der Waals surface area contributed by atoms with Crippen LogP contribution in [0.4, 0.5) is 4.79 Å². The van der Waals surface area contributed by atoms with Crippen molar-refractivity contribution in [2.45, 2.75) is 31.6 Å². The van der Waals surface area contributed by atoms with Crippen molar-refractivity contribution in [3.8, 4) is 0 Å². The lowest BCUT2D eigenvalue weighted by Gasteiger charge is -2.35. The van der Waals surface area contributed by atoms with Crippen LogP contribution in [0.25, 0.3) is 0 Å². The van der Waals surface area contributed by atoms with E-state index in [4.69, 9.17) is 33.0 Å². The summed E-state index contributed by atoms with van der Waals surface area (Å²) in [6.07, 6.45) is 1.76. The number of likely N-dealkylation sites (tertiary alicyclic amines) is 2. The molecule has 3 amide bonds. The summed E-state index contributed by atoms with van der Waals surface area (Å²) in [5.74, 6) is 0.0811. The number of carbonyl (C=O) groups excluding carboxylic acids is 2. The number of carbonyl (C=O) groups is 3. The molecule has 1 aromatic rings. The van der Waals surface area contributed by atoms with Gasteiger partial charge in [0.05, 0.1) is 10.0 Å². The van der Waals surface area contributed by atoms with E-state index >= 15 is 0 Å². The summed E-state index contributed by atoms with van der Waals surface area (Å²) in [7, 11) is 0. The highest BCUT2D eigenvalue weighted by Gasteiger charge is 2.40. The minimum absolute atomic E-state index is 0.0361. The van der Waals surface area contributed by atoms with Crippen LogP contribution in [0.5, 0.6) is 0 Å². The Labute approximate surface area is 209 Å². The van der Waals surface area contributed by atoms with Crippen molar-refractivity contribution in [1.82, 2.24) is 15.1 Å². The zero-order chi connectivity index (χ0) is 24.2. The van der Waals surface area contributed by atoms with Crippen LogP contribution in [0.15, 0.2) is 18.2 Å². The van der Waals surface area contributed by atoms with Crippen LogP contribution >= 0.6 is 23.2 Å². The van der Waals surface area contributed by atoms with Crippen molar-refractivity contribution in [3.63, 3.8) is 0 Å². The van der Waals surface area contributed by atoms with Gasteiger partial charge in [-0.2, -0.15) is 0 Å². The van der Waals surface area contributed by atoms with Gasteiger partial charge >= 0.3 is 6.09 Å². The van der Waals surface area contributed by atoms with E-state index in [9.17, 15) is 14.4 Å². The Kier molecular flexibility index (Phi) is 8.22. The molecule has 2 N–H and O–H groups in total. The van der Waals surface area contributed by atoms with Gasteiger partial charge in [-0.25, -0.2) is 4.79 Å². The number of hydrogen-bond donors (Lipinski definition) is 2. The molecule has 3 heterocycles. The molecule has 0 aromatic heterocycles. The van der Waals surface area contributed by atoms with Crippen LogP contribution in [0.1, 0.15) is 37.2 Å². The van der Waals surface area contributed by atoms with E-state index in [1.165, 1.54) is 0 Å². The number of piperidine rings is 1. The topological polar surface area (TPSA) is 99.2 Å². The minimum atomic E-state index is -1.08. The number of hydrogen-bond acceptors (Lipinski definition) is 4. The molecule has 2 atom stereocenters. The highest BCUT2D eigenvalue weighted by Crippen LogP contribution is 2.37. The largest absolute Gasteiger partial charge is 0.465 e. The number of ether oxygens (including phenoxy) is 1. The molecular weight excluding hydrogens is 481 g/mol. The summed E-state index contributed by atoms with van der Waals surface area (Å²) in [5.41, 5.74) is 0.943. The van der Waals surface area contributed by atoms with Crippen LogP contribution in [-0.4, -0.2) is 78.8 Å². The highest BCUT2D eigenvalue weighted by atomic mass is 35.5. The van der Waals surface area contributed by atoms with Gasteiger partial charge in [-0.05, 0) is 43.4 Å². The summed E-state index contributed by atoms with van der Waals surface area (Å²) in [6, 6.07) is 5.42. The maximum absolute atomic E-state index is 13.4. The van der Waals surface area contributed by atoms with Gasteiger partial charge in [0.1, 0.15) is 0 Å². The van der Waals surface area contributed by atoms with E-state index in [0.29, 0.717) is 62.3 Å². The van der Waals surface area contributed by atoms with Gasteiger partial charge in [0.2, 0.25) is 11.8 Å². The van der Waals surface area contributed by atoms with Gasteiger partial charge in [0, 0.05) is 69.6 Å². The van der Waals surface area contributed by atoms with Gasteiger partial charge in [-0.3, -0.25) is 9.59 Å². The van der Waals surface area contributed by atoms with Crippen LogP contribution < -0.4 is 5.32 Å². The second-order valence-electron chi connectivity index (χ2n) is 9.46. The molecule has 3 fully saturated rings. The van der Waals surface area contributed by atoms with Crippen molar-refractivity contribution in [1.29, 1.82) is 0 Å². The third-order valence-corrected chi connectivity index (χ3v) is 8.11. The molecule has 0 bridgehead atoms. The van der Waals surface area contributed by atoms with E-state index < -0.39 is 6.09 Å².